The summed E-state index contributed by atoms with van der Waals surface area (Å²) in [6.07, 6.45) is 2.30. The number of hydrogen-bond acceptors (Lipinski definition) is 4. The first-order valence-corrected chi connectivity index (χ1v) is 9.12. The van der Waals surface area contributed by atoms with Crippen LogP contribution in [0, 0.1) is 5.92 Å². The zero-order chi connectivity index (χ0) is 15.5. The molecule has 2 amide bonds. The molecule has 2 aliphatic rings. The zero-order valence-corrected chi connectivity index (χ0v) is 13.1. The smallest absolute Gasteiger partial charge is 0.227 e. The molecule has 0 aromatic heterocycles. The van der Waals surface area contributed by atoms with Gasteiger partial charge in [0.05, 0.1) is 11.7 Å². The second-order valence-electron chi connectivity index (χ2n) is 5.66. The highest BCUT2D eigenvalue weighted by Crippen LogP contribution is 2.18. The summed E-state index contributed by atoms with van der Waals surface area (Å²) in [5.41, 5.74) is 0. The third-order valence-corrected chi connectivity index (χ3v) is 5.60. The number of sulfonamides is 1. The summed E-state index contributed by atoms with van der Waals surface area (Å²) < 4.78 is 25.7. The first kappa shape index (κ1) is 16.2. The van der Waals surface area contributed by atoms with Gasteiger partial charge >= 0.3 is 0 Å². The van der Waals surface area contributed by atoms with Crippen LogP contribution in [-0.4, -0.2) is 56.6 Å². The number of nitrogens with one attached hydrogen (secondary N) is 2. The minimum atomic E-state index is -3.18. The molecule has 2 N–H and O–H groups in total. The molecular formula is C13H23N3O4S. The fourth-order valence-electron chi connectivity index (χ4n) is 2.76. The number of amides is 2. The molecule has 120 valence electrons. The van der Waals surface area contributed by atoms with Crippen LogP contribution >= 0.6 is 0 Å². The normalized spacial score (nSPS) is 24.7. The van der Waals surface area contributed by atoms with Crippen molar-refractivity contribution in [3.8, 4) is 0 Å². The van der Waals surface area contributed by atoms with Crippen LogP contribution in [0.2, 0.25) is 0 Å². The summed E-state index contributed by atoms with van der Waals surface area (Å²) in [4.78, 5) is 25.2. The molecule has 2 rings (SSSR count). The largest absolute Gasteiger partial charge is 0.355 e. The van der Waals surface area contributed by atoms with E-state index in [1.807, 2.05) is 0 Å². The molecule has 8 heteroatoms. The van der Waals surface area contributed by atoms with Gasteiger partial charge < -0.3 is 10.2 Å². The molecule has 0 saturated carbocycles. The van der Waals surface area contributed by atoms with Crippen molar-refractivity contribution < 1.29 is 18.0 Å². The van der Waals surface area contributed by atoms with Gasteiger partial charge in [-0.2, -0.15) is 0 Å². The maximum Gasteiger partial charge on any atom is 0.227 e. The molecule has 2 heterocycles. The van der Waals surface area contributed by atoms with Gasteiger partial charge in [0.15, 0.2) is 0 Å². The van der Waals surface area contributed by atoms with Gasteiger partial charge in [-0.05, 0) is 26.2 Å². The molecule has 0 spiro atoms. The van der Waals surface area contributed by atoms with E-state index in [0.29, 0.717) is 45.3 Å². The van der Waals surface area contributed by atoms with Crippen molar-refractivity contribution in [3.63, 3.8) is 0 Å². The number of hydrogen-bond donors (Lipinski definition) is 2. The number of rotatable bonds is 4. The Balaban J connectivity index is 1.81. The van der Waals surface area contributed by atoms with E-state index in [0.717, 1.165) is 0 Å². The quantitative estimate of drug-likeness (QED) is 0.727. The predicted octanol–water partition coefficient (Wildman–Crippen LogP) is -0.557. The van der Waals surface area contributed by atoms with Crippen LogP contribution in [0.15, 0.2) is 0 Å². The van der Waals surface area contributed by atoms with E-state index < -0.39 is 10.0 Å². The molecule has 1 unspecified atom stereocenters. The zero-order valence-electron chi connectivity index (χ0n) is 12.3. The van der Waals surface area contributed by atoms with Crippen molar-refractivity contribution in [1.82, 2.24) is 14.9 Å². The van der Waals surface area contributed by atoms with E-state index in [-0.39, 0.29) is 29.5 Å². The molecule has 2 aliphatic heterocycles. The maximum atomic E-state index is 12.3. The average molecular weight is 317 g/mol. The Morgan fingerprint density at radius 3 is 2.52 bits per heavy atom. The monoisotopic (exact) mass is 317 g/mol. The van der Waals surface area contributed by atoms with Gasteiger partial charge in [0.1, 0.15) is 0 Å². The average Bonchev–Trinajstić information content (AvgIpc) is 2.48. The fourth-order valence-corrected chi connectivity index (χ4v) is 3.67. The Bertz CT molecular complexity index is 488. The van der Waals surface area contributed by atoms with Gasteiger partial charge in [0, 0.05) is 32.1 Å². The second kappa shape index (κ2) is 6.74. The maximum absolute atomic E-state index is 12.3. The molecule has 0 aliphatic carbocycles. The SMILES string of the molecule is CCS(=O)(=O)NC1CCN(C(=O)C2CCC(=O)NC2)CC1. The lowest BCUT2D eigenvalue weighted by Crippen LogP contribution is -2.50. The van der Waals surface area contributed by atoms with Gasteiger partial charge in [0.2, 0.25) is 21.8 Å². The van der Waals surface area contributed by atoms with E-state index in [2.05, 4.69) is 10.0 Å². The van der Waals surface area contributed by atoms with Crippen LogP contribution < -0.4 is 10.0 Å². The Labute approximate surface area is 125 Å². The summed E-state index contributed by atoms with van der Waals surface area (Å²) in [6, 6.07) is -0.0786. The lowest BCUT2D eigenvalue weighted by atomic mass is 9.96. The summed E-state index contributed by atoms with van der Waals surface area (Å²) in [6.45, 7) is 3.17. The van der Waals surface area contributed by atoms with Gasteiger partial charge in [0.25, 0.3) is 0 Å². The van der Waals surface area contributed by atoms with Crippen molar-refractivity contribution in [2.45, 2.75) is 38.6 Å². The summed E-state index contributed by atoms with van der Waals surface area (Å²) in [7, 11) is -3.18. The molecule has 0 aromatic rings. The van der Waals surface area contributed by atoms with Crippen LogP contribution in [0.4, 0.5) is 0 Å². The van der Waals surface area contributed by atoms with Crippen LogP contribution in [0.1, 0.15) is 32.6 Å². The van der Waals surface area contributed by atoms with Crippen LogP contribution in [0.5, 0.6) is 0 Å². The number of nitrogens with zero attached hydrogens (tertiary/aromatic N) is 1. The summed E-state index contributed by atoms with van der Waals surface area (Å²) in [5.74, 6) is 0.0265. The van der Waals surface area contributed by atoms with Crippen molar-refractivity contribution in [1.29, 1.82) is 0 Å². The fraction of sp³-hybridized carbons (Fsp3) is 0.846. The van der Waals surface area contributed by atoms with Crippen LogP contribution in [0.25, 0.3) is 0 Å². The lowest BCUT2D eigenvalue weighted by molar-refractivity contribution is -0.138. The standard InChI is InChI=1S/C13H23N3O4S/c1-2-21(19,20)15-11-5-7-16(8-6-11)13(18)10-3-4-12(17)14-9-10/h10-11,15H,2-9H2,1H3,(H,14,17). The lowest BCUT2D eigenvalue weighted by Gasteiger charge is -2.35. The second-order valence-corrected chi connectivity index (χ2v) is 7.70. The first-order chi connectivity index (χ1) is 9.91. The molecule has 2 saturated heterocycles. The third kappa shape index (κ3) is 4.41. The Morgan fingerprint density at radius 1 is 1.33 bits per heavy atom. The Morgan fingerprint density at radius 2 is 2.00 bits per heavy atom. The van der Waals surface area contributed by atoms with Crippen molar-refractivity contribution >= 4 is 21.8 Å². The molecule has 21 heavy (non-hydrogen) atoms. The molecule has 0 radical (unpaired) electrons. The number of piperidine rings is 2. The topological polar surface area (TPSA) is 95.6 Å². The van der Waals surface area contributed by atoms with E-state index >= 15 is 0 Å². The molecular weight excluding hydrogens is 294 g/mol. The Kier molecular flexibility index (Phi) is 5.21. The summed E-state index contributed by atoms with van der Waals surface area (Å²) in [5, 5.41) is 2.72. The number of carbonyl (C=O) groups excluding carboxylic acids is 2. The van der Waals surface area contributed by atoms with Crippen molar-refractivity contribution in [2.75, 3.05) is 25.4 Å². The number of likely N-dealkylation sites (tertiary alicyclic amines) is 1. The van der Waals surface area contributed by atoms with E-state index in [1.165, 1.54) is 0 Å². The number of carbonyl (C=O) groups is 2. The van der Waals surface area contributed by atoms with Gasteiger partial charge in [-0.25, -0.2) is 13.1 Å². The van der Waals surface area contributed by atoms with E-state index in [1.54, 1.807) is 11.8 Å². The highest BCUT2D eigenvalue weighted by atomic mass is 32.2. The molecule has 7 nitrogen and oxygen atoms in total. The highest BCUT2D eigenvalue weighted by molar-refractivity contribution is 7.89. The summed E-state index contributed by atoms with van der Waals surface area (Å²) >= 11 is 0. The van der Waals surface area contributed by atoms with E-state index in [4.69, 9.17) is 0 Å². The van der Waals surface area contributed by atoms with Gasteiger partial charge in [-0.3, -0.25) is 9.59 Å². The minimum Gasteiger partial charge on any atom is -0.355 e. The molecule has 0 aromatic carbocycles. The van der Waals surface area contributed by atoms with Crippen molar-refractivity contribution in [2.24, 2.45) is 5.92 Å². The molecule has 1 atom stereocenters. The van der Waals surface area contributed by atoms with Gasteiger partial charge in [-0.1, -0.05) is 0 Å². The van der Waals surface area contributed by atoms with Crippen LogP contribution in [-0.2, 0) is 19.6 Å². The minimum absolute atomic E-state index is 0.00623. The van der Waals surface area contributed by atoms with Crippen LogP contribution in [0.3, 0.4) is 0 Å². The van der Waals surface area contributed by atoms with Crippen molar-refractivity contribution in [3.05, 3.63) is 0 Å². The molecule has 2 fully saturated rings. The van der Waals surface area contributed by atoms with E-state index in [9.17, 15) is 18.0 Å². The molecule has 0 bridgehead atoms. The third-order valence-electron chi connectivity index (χ3n) is 4.15. The predicted molar refractivity (Wildman–Crippen MR) is 77.9 cm³/mol. The van der Waals surface area contributed by atoms with Gasteiger partial charge in [-0.15, -0.1) is 0 Å². The Hall–Kier alpha value is -1.15. The highest BCUT2D eigenvalue weighted by Gasteiger charge is 2.31. The first-order valence-electron chi connectivity index (χ1n) is 7.47.